The quantitative estimate of drug-likeness (QED) is 0.868. The fourth-order valence-corrected chi connectivity index (χ4v) is 2.22. The number of rotatable bonds is 4. The van der Waals surface area contributed by atoms with E-state index in [-0.39, 0.29) is 11.9 Å². The van der Waals surface area contributed by atoms with Crippen LogP contribution in [0.1, 0.15) is 23.7 Å². The third-order valence-electron chi connectivity index (χ3n) is 3.21. The predicted octanol–water partition coefficient (Wildman–Crippen LogP) is 1.77. The maximum Gasteiger partial charge on any atom is 0.256 e. The Morgan fingerprint density at radius 3 is 2.80 bits per heavy atom. The van der Waals surface area contributed by atoms with Crippen LogP contribution < -0.4 is 5.73 Å². The highest BCUT2D eigenvalue weighted by atomic mass is 32.1. The topological polar surface area (TPSA) is 72.1 Å². The molecule has 1 heterocycles. The van der Waals surface area contributed by atoms with E-state index in [0.29, 0.717) is 28.0 Å². The second kappa shape index (κ2) is 5.92. The van der Waals surface area contributed by atoms with Gasteiger partial charge in [0.15, 0.2) is 0 Å². The van der Waals surface area contributed by atoms with Crippen LogP contribution in [0.3, 0.4) is 0 Å². The Labute approximate surface area is 122 Å². The van der Waals surface area contributed by atoms with E-state index in [2.05, 4.69) is 9.97 Å². The number of nitrogens with zero attached hydrogens (tertiary/aromatic N) is 3. The smallest absolute Gasteiger partial charge is 0.256 e. The van der Waals surface area contributed by atoms with Crippen LogP contribution in [0, 0.1) is 0 Å². The van der Waals surface area contributed by atoms with Crippen LogP contribution in [-0.4, -0.2) is 38.9 Å². The molecule has 1 aromatic heterocycles. The van der Waals surface area contributed by atoms with Crippen molar-refractivity contribution in [3.63, 3.8) is 0 Å². The molecule has 5 nitrogen and oxygen atoms in total. The molecule has 1 aromatic carbocycles. The maximum absolute atomic E-state index is 12.6. The molecule has 6 heteroatoms. The van der Waals surface area contributed by atoms with Gasteiger partial charge in [-0.1, -0.05) is 18.3 Å². The molecule has 0 aliphatic carbocycles. The van der Waals surface area contributed by atoms with Gasteiger partial charge in [-0.05, 0) is 19.1 Å². The van der Waals surface area contributed by atoms with E-state index in [1.54, 1.807) is 36.5 Å². The zero-order valence-electron chi connectivity index (χ0n) is 11.4. The number of nitrogens with two attached hydrogens (primary N) is 1. The number of para-hydroxylation sites is 1. The number of carbonyl (C=O) groups excluding carboxylic acids is 1. The van der Waals surface area contributed by atoms with E-state index in [1.807, 2.05) is 13.0 Å². The van der Waals surface area contributed by atoms with Crippen molar-refractivity contribution in [2.45, 2.75) is 19.4 Å². The zero-order valence-corrected chi connectivity index (χ0v) is 12.2. The summed E-state index contributed by atoms with van der Waals surface area (Å²) in [6, 6.07) is 5.32. The average Bonchev–Trinajstić information content (AvgIpc) is 2.44. The van der Waals surface area contributed by atoms with Crippen molar-refractivity contribution in [2.24, 2.45) is 5.73 Å². The van der Waals surface area contributed by atoms with Gasteiger partial charge in [0.25, 0.3) is 5.91 Å². The van der Waals surface area contributed by atoms with Crippen LogP contribution in [0.15, 0.2) is 30.6 Å². The number of carbonyl (C=O) groups is 1. The molecular formula is C14H16N4OS. The summed E-state index contributed by atoms with van der Waals surface area (Å²) in [4.78, 5) is 23.0. The summed E-state index contributed by atoms with van der Waals surface area (Å²) >= 11 is 4.89. The van der Waals surface area contributed by atoms with Gasteiger partial charge in [-0.25, -0.2) is 0 Å². The first-order valence-corrected chi connectivity index (χ1v) is 6.66. The summed E-state index contributed by atoms with van der Waals surface area (Å²) < 4.78 is 0. The molecule has 1 unspecified atom stereocenters. The van der Waals surface area contributed by atoms with E-state index in [0.717, 1.165) is 0 Å². The first-order chi connectivity index (χ1) is 9.50. The molecule has 0 saturated heterocycles. The monoisotopic (exact) mass is 288 g/mol. The van der Waals surface area contributed by atoms with Gasteiger partial charge in [0, 0.05) is 31.9 Å². The third kappa shape index (κ3) is 2.91. The molecule has 0 radical (unpaired) electrons. The minimum Gasteiger partial charge on any atom is -0.393 e. The standard InChI is InChI=1S/C14H16N4OS/c1-9(8-12(15)20)18(2)14(19)10-4-3-5-11-13(10)17-7-6-16-11/h3-7,9H,8H2,1-2H3,(H2,15,20). The van der Waals surface area contributed by atoms with Gasteiger partial charge in [0.05, 0.1) is 16.1 Å². The lowest BCUT2D eigenvalue weighted by atomic mass is 10.1. The highest BCUT2D eigenvalue weighted by Gasteiger charge is 2.20. The summed E-state index contributed by atoms with van der Waals surface area (Å²) in [6.45, 7) is 1.91. The minimum atomic E-state index is -0.111. The Kier molecular flexibility index (Phi) is 4.24. The molecule has 1 atom stereocenters. The van der Waals surface area contributed by atoms with Crippen molar-refractivity contribution in [1.29, 1.82) is 0 Å². The number of thiocarbonyl (C=S) groups is 1. The van der Waals surface area contributed by atoms with Crippen LogP contribution in [-0.2, 0) is 0 Å². The predicted molar refractivity (Wildman–Crippen MR) is 82.5 cm³/mol. The van der Waals surface area contributed by atoms with E-state index in [1.165, 1.54) is 0 Å². The fourth-order valence-electron chi connectivity index (χ4n) is 1.98. The van der Waals surface area contributed by atoms with Crippen molar-refractivity contribution < 1.29 is 4.79 Å². The normalized spacial score (nSPS) is 12.1. The number of amides is 1. The molecule has 2 aromatic rings. The molecule has 0 aliphatic rings. The van der Waals surface area contributed by atoms with Gasteiger partial charge < -0.3 is 10.6 Å². The lowest BCUT2D eigenvalue weighted by molar-refractivity contribution is 0.0750. The minimum absolute atomic E-state index is 0.0630. The average molecular weight is 288 g/mol. The molecule has 0 saturated carbocycles. The Hall–Kier alpha value is -2.08. The Balaban J connectivity index is 2.34. The summed E-state index contributed by atoms with van der Waals surface area (Å²) in [5, 5.41) is 0. The highest BCUT2D eigenvalue weighted by molar-refractivity contribution is 7.80. The maximum atomic E-state index is 12.6. The van der Waals surface area contributed by atoms with Crippen molar-refractivity contribution in [3.05, 3.63) is 36.2 Å². The van der Waals surface area contributed by atoms with Crippen LogP contribution >= 0.6 is 12.2 Å². The molecular weight excluding hydrogens is 272 g/mol. The number of aromatic nitrogens is 2. The molecule has 20 heavy (non-hydrogen) atoms. The fraction of sp³-hybridized carbons (Fsp3) is 0.286. The largest absolute Gasteiger partial charge is 0.393 e. The van der Waals surface area contributed by atoms with Gasteiger partial charge in [-0.15, -0.1) is 0 Å². The van der Waals surface area contributed by atoms with Crippen LogP contribution in [0.2, 0.25) is 0 Å². The first-order valence-electron chi connectivity index (χ1n) is 6.26. The van der Waals surface area contributed by atoms with Crippen LogP contribution in [0.5, 0.6) is 0 Å². The molecule has 2 rings (SSSR count). The van der Waals surface area contributed by atoms with E-state index < -0.39 is 0 Å². The van der Waals surface area contributed by atoms with Crippen LogP contribution in [0.4, 0.5) is 0 Å². The Morgan fingerprint density at radius 2 is 2.10 bits per heavy atom. The Morgan fingerprint density at radius 1 is 1.40 bits per heavy atom. The summed E-state index contributed by atoms with van der Waals surface area (Å²) in [5.41, 5.74) is 7.38. The molecule has 0 spiro atoms. The van der Waals surface area contributed by atoms with Gasteiger partial charge in [-0.2, -0.15) is 0 Å². The SMILES string of the molecule is CC(CC(N)=S)N(C)C(=O)c1cccc2nccnc12. The summed E-state index contributed by atoms with van der Waals surface area (Å²) in [5.74, 6) is -0.111. The van der Waals surface area contributed by atoms with Crippen molar-refractivity contribution in [2.75, 3.05) is 7.05 Å². The molecule has 2 N–H and O–H groups in total. The number of hydrogen-bond acceptors (Lipinski definition) is 4. The van der Waals surface area contributed by atoms with Gasteiger partial charge in [0.1, 0.15) is 5.52 Å². The lowest BCUT2D eigenvalue weighted by Crippen LogP contribution is -2.37. The van der Waals surface area contributed by atoms with Crippen molar-refractivity contribution in [1.82, 2.24) is 14.9 Å². The molecule has 0 bridgehead atoms. The number of hydrogen-bond donors (Lipinski definition) is 1. The molecule has 0 aliphatic heterocycles. The van der Waals surface area contributed by atoms with Crippen molar-refractivity contribution in [3.8, 4) is 0 Å². The van der Waals surface area contributed by atoms with E-state index >= 15 is 0 Å². The van der Waals surface area contributed by atoms with Gasteiger partial charge in [-0.3, -0.25) is 14.8 Å². The zero-order chi connectivity index (χ0) is 14.7. The molecule has 1 amide bonds. The highest BCUT2D eigenvalue weighted by Crippen LogP contribution is 2.17. The molecule has 104 valence electrons. The van der Waals surface area contributed by atoms with Gasteiger partial charge in [0.2, 0.25) is 0 Å². The van der Waals surface area contributed by atoms with Crippen LogP contribution in [0.25, 0.3) is 11.0 Å². The summed E-state index contributed by atoms with van der Waals surface area (Å²) in [6.07, 6.45) is 3.68. The number of fused-ring (bicyclic) bond motifs is 1. The Bertz CT molecular complexity index is 653. The van der Waals surface area contributed by atoms with Crippen molar-refractivity contribution >= 4 is 34.1 Å². The van der Waals surface area contributed by atoms with E-state index in [9.17, 15) is 4.79 Å². The third-order valence-corrected chi connectivity index (χ3v) is 3.37. The summed E-state index contributed by atoms with van der Waals surface area (Å²) in [7, 11) is 1.74. The number of benzene rings is 1. The lowest BCUT2D eigenvalue weighted by Gasteiger charge is -2.24. The first kappa shape index (κ1) is 14.3. The van der Waals surface area contributed by atoms with E-state index in [4.69, 9.17) is 18.0 Å². The second-order valence-corrected chi connectivity index (χ2v) is 5.19. The second-order valence-electron chi connectivity index (χ2n) is 4.67. The van der Waals surface area contributed by atoms with Gasteiger partial charge >= 0.3 is 0 Å². The molecule has 0 fully saturated rings.